The van der Waals surface area contributed by atoms with Crippen LogP contribution in [0.4, 0.5) is 4.79 Å². The van der Waals surface area contributed by atoms with Gasteiger partial charge in [-0.2, -0.15) is 4.99 Å². The van der Waals surface area contributed by atoms with E-state index in [2.05, 4.69) is 4.99 Å². The number of carbonyl (C=O) groups is 2. The summed E-state index contributed by atoms with van der Waals surface area (Å²) in [5, 5.41) is 1.97. The topological polar surface area (TPSA) is 131 Å². The third-order valence-corrected chi connectivity index (χ3v) is 3.69. The van der Waals surface area contributed by atoms with E-state index in [0.29, 0.717) is 0 Å². The predicted octanol–water partition coefficient (Wildman–Crippen LogP) is 0.189. The second kappa shape index (κ2) is 6.35. The fourth-order valence-electron chi connectivity index (χ4n) is 1.17. The van der Waals surface area contributed by atoms with E-state index in [1.165, 1.54) is 24.3 Å². The van der Waals surface area contributed by atoms with E-state index in [1.807, 2.05) is 5.32 Å². The summed E-state index contributed by atoms with van der Waals surface area (Å²) in [5.41, 5.74) is 5.20. The van der Waals surface area contributed by atoms with E-state index in [0.717, 1.165) is 6.92 Å². The van der Waals surface area contributed by atoms with Crippen LogP contribution in [-0.4, -0.2) is 26.3 Å². The van der Waals surface area contributed by atoms with Crippen molar-refractivity contribution < 1.29 is 18.0 Å². The van der Waals surface area contributed by atoms with Crippen LogP contribution >= 0.6 is 11.6 Å². The summed E-state index contributed by atoms with van der Waals surface area (Å²) < 4.78 is 25.4. The Kier molecular flexibility index (Phi) is 5.06. The molecule has 0 radical (unpaired) electrons. The zero-order valence-electron chi connectivity index (χ0n) is 10.3. The number of hydrogen-bond acceptors (Lipinski definition) is 4. The Morgan fingerprint density at radius 1 is 1.30 bits per heavy atom. The van der Waals surface area contributed by atoms with Crippen LogP contribution in [0.25, 0.3) is 0 Å². The highest BCUT2D eigenvalue weighted by atomic mass is 35.5. The molecule has 1 rings (SSSR count). The third-order valence-electron chi connectivity index (χ3n) is 1.87. The highest BCUT2D eigenvalue weighted by Crippen LogP contribution is 2.19. The summed E-state index contributed by atoms with van der Waals surface area (Å²) in [6.45, 7) is 1.15. The van der Waals surface area contributed by atoms with Gasteiger partial charge in [0.25, 0.3) is 10.0 Å². The summed E-state index contributed by atoms with van der Waals surface area (Å²) in [6.07, 6.45) is 0. The maximum Gasteiger partial charge on any atom is 0.358 e. The number of carbonyl (C=O) groups excluding carboxylic acids is 2. The summed E-state index contributed by atoms with van der Waals surface area (Å²) in [4.78, 5) is 24.9. The standard InChI is InChI=1S/C10H11ClN4O4S/c1-6(16)13-9(12)14-10(17)15-20(18,19)8-5-3-2-4-7(8)11/h2-5H,1H3,(H4,12,13,14,15,16,17). The number of benzene rings is 1. The van der Waals surface area contributed by atoms with Gasteiger partial charge in [-0.15, -0.1) is 0 Å². The highest BCUT2D eigenvalue weighted by Gasteiger charge is 2.20. The zero-order valence-corrected chi connectivity index (χ0v) is 11.8. The SMILES string of the molecule is CC(=O)N/C(N)=N/C(=O)NS(=O)(=O)c1ccccc1Cl. The average Bonchev–Trinajstić information content (AvgIpc) is 2.26. The first kappa shape index (κ1) is 15.9. The molecule has 20 heavy (non-hydrogen) atoms. The summed E-state index contributed by atoms with van der Waals surface area (Å²) in [7, 11) is -4.17. The number of amides is 3. The molecule has 8 nitrogen and oxygen atoms in total. The highest BCUT2D eigenvalue weighted by molar-refractivity contribution is 7.90. The van der Waals surface area contributed by atoms with Crippen LogP contribution in [0, 0.1) is 0 Å². The molecule has 108 valence electrons. The molecule has 0 saturated heterocycles. The second-order valence-corrected chi connectivity index (χ2v) is 5.58. The number of guanidine groups is 1. The molecular weight excluding hydrogens is 308 g/mol. The number of nitrogens with two attached hydrogens (primary N) is 1. The Bertz CT molecular complexity index is 672. The first-order valence-electron chi connectivity index (χ1n) is 5.15. The minimum absolute atomic E-state index is 0.0494. The van der Waals surface area contributed by atoms with E-state index in [1.54, 1.807) is 4.72 Å². The molecule has 1 aromatic rings. The Morgan fingerprint density at radius 3 is 2.45 bits per heavy atom. The second-order valence-electron chi connectivity index (χ2n) is 3.52. The minimum Gasteiger partial charge on any atom is -0.369 e. The smallest absolute Gasteiger partial charge is 0.358 e. The van der Waals surface area contributed by atoms with Crippen molar-refractivity contribution in [1.82, 2.24) is 10.0 Å². The van der Waals surface area contributed by atoms with Crippen molar-refractivity contribution in [3.8, 4) is 0 Å². The molecule has 0 heterocycles. The van der Waals surface area contributed by atoms with Gasteiger partial charge < -0.3 is 5.73 Å². The normalized spacial score (nSPS) is 11.8. The number of sulfonamides is 1. The molecule has 0 fully saturated rings. The largest absolute Gasteiger partial charge is 0.369 e. The van der Waals surface area contributed by atoms with Gasteiger partial charge in [0.15, 0.2) is 0 Å². The molecule has 0 aliphatic rings. The lowest BCUT2D eigenvalue weighted by Gasteiger charge is -2.06. The van der Waals surface area contributed by atoms with Crippen LogP contribution in [-0.2, 0) is 14.8 Å². The van der Waals surface area contributed by atoms with Gasteiger partial charge in [0.05, 0.1) is 5.02 Å². The minimum atomic E-state index is -4.17. The lowest BCUT2D eigenvalue weighted by Crippen LogP contribution is -2.38. The van der Waals surface area contributed by atoms with E-state index >= 15 is 0 Å². The molecule has 0 unspecified atom stereocenters. The van der Waals surface area contributed by atoms with Crippen molar-refractivity contribution in [1.29, 1.82) is 0 Å². The lowest BCUT2D eigenvalue weighted by atomic mass is 10.4. The Balaban J connectivity index is 2.90. The van der Waals surface area contributed by atoms with Crippen LogP contribution in [0.5, 0.6) is 0 Å². The summed E-state index contributed by atoms with van der Waals surface area (Å²) in [6, 6.07) is 4.31. The number of nitrogens with one attached hydrogen (secondary N) is 2. The van der Waals surface area contributed by atoms with E-state index in [4.69, 9.17) is 17.3 Å². The lowest BCUT2D eigenvalue weighted by molar-refractivity contribution is -0.117. The van der Waals surface area contributed by atoms with Gasteiger partial charge in [-0.1, -0.05) is 23.7 Å². The van der Waals surface area contributed by atoms with Gasteiger partial charge in [0.2, 0.25) is 11.9 Å². The first-order valence-corrected chi connectivity index (χ1v) is 7.01. The molecule has 10 heteroatoms. The molecule has 1 aromatic carbocycles. The number of aliphatic imine (C=N–C) groups is 1. The van der Waals surface area contributed by atoms with Crippen molar-refractivity contribution in [2.24, 2.45) is 10.7 Å². The molecule has 0 spiro atoms. The third kappa shape index (κ3) is 4.52. The van der Waals surface area contributed by atoms with Crippen LogP contribution in [0.15, 0.2) is 34.2 Å². The number of urea groups is 1. The number of halogens is 1. The Labute approximate surface area is 120 Å². The number of rotatable bonds is 2. The maximum atomic E-state index is 11.9. The van der Waals surface area contributed by atoms with Gasteiger partial charge in [0.1, 0.15) is 4.90 Å². The van der Waals surface area contributed by atoms with Gasteiger partial charge in [-0.05, 0) is 12.1 Å². The molecule has 3 amide bonds. The van der Waals surface area contributed by atoms with Gasteiger partial charge in [-0.25, -0.2) is 17.9 Å². The average molecular weight is 319 g/mol. The van der Waals surface area contributed by atoms with E-state index < -0.39 is 27.9 Å². The van der Waals surface area contributed by atoms with Crippen molar-refractivity contribution in [3.63, 3.8) is 0 Å². The van der Waals surface area contributed by atoms with Gasteiger partial charge in [0, 0.05) is 6.92 Å². The Hall–Kier alpha value is -2.13. The van der Waals surface area contributed by atoms with Crippen molar-refractivity contribution in [2.75, 3.05) is 0 Å². The monoisotopic (exact) mass is 318 g/mol. The van der Waals surface area contributed by atoms with Crippen LogP contribution in [0.1, 0.15) is 6.92 Å². The molecule has 0 atom stereocenters. The molecule has 0 aliphatic heterocycles. The summed E-state index contributed by atoms with van der Waals surface area (Å²) in [5.74, 6) is -1.07. The van der Waals surface area contributed by atoms with Crippen molar-refractivity contribution in [3.05, 3.63) is 29.3 Å². The van der Waals surface area contributed by atoms with Crippen molar-refractivity contribution in [2.45, 2.75) is 11.8 Å². The molecule has 0 saturated carbocycles. The Morgan fingerprint density at radius 2 is 1.90 bits per heavy atom. The zero-order chi connectivity index (χ0) is 15.3. The number of nitrogens with zero attached hydrogens (tertiary/aromatic N) is 1. The van der Waals surface area contributed by atoms with Gasteiger partial charge in [-0.3, -0.25) is 10.1 Å². The molecular formula is C10H11ClN4O4S. The fraction of sp³-hybridized carbons (Fsp3) is 0.100. The maximum absolute atomic E-state index is 11.9. The van der Waals surface area contributed by atoms with Gasteiger partial charge >= 0.3 is 6.03 Å². The number of hydrogen-bond donors (Lipinski definition) is 3. The van der Waals surface area contributed by atoms with Crippen LogP contribution in [0.3, 0.4) is 0 Å². The molecule has 0 bridgehead atoms. The molecule has 0 aliphatic carbocycles. The first-order chi connectivity index (χ1) is 9.22. The summed E-state index contributed by atoms with van der Waals surface area (Å²) >= 11 is 5.72. The van der Waals surface area contributed by atoms with Crippen molar-refractivity contribution >= 4 is 39.5 Å². The predicted molar refractivity (Wildman–Crippen MR) is 72.6 cm³/mol. The molecule has 4 N–H and O–H groups in total. The van der Waals surface area contributed by atoms with Crippen LogP contribution < -0.4 is 15.8 Å². The fourth-order valence-corrected chi connectivity index (χ4v) is 2.58. The molecule has 0 aromatic heterocycles. The van der Waals surface area contributed by atoms with E-state index in [-0.39, 0.29) is 9.92 Å². The van der Waals surface area contributed by atoms with Crippen LogP contribution in [0.2, 0.25) is 5.02 Å². The quantitative estimate of drug-likeness (QED) is 0.529. The van der Waals surface area contributed by atoms with E-state index in [9.17, 15) is 18.0 Å².